The van der Waals surface area contributed by atoms with Crippen LogP contribution in [0.2, 0.25) is 0 Å². The third kappa shape index (κ3) is 4.44. The fourth-order valence-corrected chi connectivity index (χ4v) is 2.15. The van der Waals surface area contributed by atoms with Gasteiger partial charge in [0.2, 0.25) is 5.91 Å². The first-order valence-electron chi connectivity index (χ1n) is 6.80. The number of rotatable bonds is 5. The second kappa shape index (κ2) is 7.05. The van der Waals surface area contributed by atoms with Crippen LogP contribution in [0, 0.1) is 5.21 Å². The van der Waals surface area contributed by atoms with Gasteiger partial charge < -0.3 is 25.6 Å². The van der Waals surface area contributed by atoms with Gasteiger partial charge >= 0.3 is 6.09 Å². The lowest BCUT2D eigenvalue weighted by atomic mass is 9.99. The molecule has 1 aliphatic rings. The highest BCUT2D eigenvalue weighted by molar-refractivity contribution is 5.72. The highest BCUT2D eigenvalue weighted by atomic mass is 16.5. The van der Waals surface area contributed by atoms with Crippen molar-refractivity contribution in [2.45, 2.75) is 25.6 Å². The molecule has 0 saturated carbocycles. The minimum atomic E-state index is -0.552. The molecule has 1 aromatic carbocycles. The van der Waals surface area contributed by atoms with E-state index in [2.05, 4.69) is 10.6 Å². The summed E-state index contributed by atoms with van der Waals surface area (Å²) in [5.41, 5.74) is 0.895. The van der Waals surface area contributed by atoms with E-state index in [0.717, 1.165) is 5.56 Å². The molecule has 0 spiro atoms. The van der Waals surface area contributed by atoms with E-state index in [9.17, 15) is 14.8 Å². The van der Waals surface area contributed by atoms with Crippen LogP contribution in [-0.4, -0.2) is 37.2 Å². The molecule has 114 valence electrons. The van der Waals surface area contributed by atoms with Crippen molar-refractivity contribution < 1.29 is 19.4 Å². The van der Waals surface area contributed by atoms with Crippen LogP contribution in [0.3, 0.4) is 0 Å². The molecular weight excluding hydrogens is 274 g/mol. The van der Waals surface area contributed by atoms with E-state index in [1.54, 1.807) is 0 Å². The number of carbonyl (C=O) groups excluding carboxylic acids is 2. The molecule has 7 heteroatoms. The van der Waals surface area contributed by atoms with Crippen molar-refractivity contribution in [2.75, 3.05) is 13.1 Å². The maximum Gasteiger partial charge on any atom is 0.408 e. The van der Waals surface area contributed by atoms with Crippen LogP contribution in [0.1, 0.15) is 12.5 Å². The summed E-state index contributed by atoms with van der Waals surface area (Å²) in [4.78, 5) is 22.5. The van der Waals surface area contributed by atoms with Crippen molar-refractivity contribution in [1.29, 1.82) is 0 Å². The van der Waals surface area contributed by atoms with Crippen LogP contribution >= 0.6 is 0 Å². The van der Waals surface area contributed by atoms with Crippen molar-refractivity contribution >= 4 is 12.0 Å². The van der Waals surface area contributed by atoms with Crippen molar-refractivity contribution in [1.82, 2.24) is 10.6 Å². The normalized spacial score (nSPS) is 23.8. The second-order valence-corrected chi connectivity index (χ2v) is 5.03. The van der Waals surface area contributed by atoms with Gasteiger partial charge in [-0.3, -0.25) is 4.79 Å². The molecule has 3 unspecified atom stereocenters. The van der Waals surface area contributed by atoms with Crippen LogP contribution in [0.25, 0.3) is 0 Å². The Hall–Kier alpha value is -2.12. The molecule has 1 aliphatic heterocycles. The fraction of sp³-hybridized carbons (Fsp3) is 0.429. The van der Waals surface area contributed by atoms with Gasteiger partial charge in [0.1, 0.15) is 25.2 Å². The molecule has 1 heterocycles. The van der Waals surface area contributed by atoms with Crippen LogP contribution in [-0.2, 0) is 16.1 Å². The van der Waals surface area contributed by atoms with Crippen LogP contribution in [0.15, 0.2) is 30.3 Å². The highest BCUT2D eigenvalue weighted by Crippen LogP contribution is 2.02. The van der Waals surface area contributed by atoms with E-state index in [1.807, 2.05) is 30.3 Å². The molecule has 3 N–H and O–H groups in total. The summed E-state index contributed by atoms with van der Waals surface area (Å²) in [5, 5.41) is 16.8. The Morgan fingerprint density at radius 3 is 2.71 bits per heavy atom. The molecule has 2 amide bonds. The molecule has 0 aliphatic carbocycles. The van der Waals surface area contributed by atoms with Gasteiger partial charge in [-0.1, -0.05) is 30.3 Å². The van der Waals surface area contributed by atoms with Gasteiger partial charge in [-0.05, 0) is 5.56 Å². The minimum absolute atomic E-state index is 0.0390. The third-order valence-electron chi connectivity index (χ3n) is 3.41. The molecule has 1 aromatic rings. The number of quaternary nitrogens is 1. The summed E-state index contributed by atoms with van der Waals surface area (Å²) in [5.74, 6) is -0.194. The topological polar surface area (TPSA) is 94.9 Å². The number of hydrogen-bond donors (Lipinski definition) is 3. The van der Waals surface area contributed by atoms with E-state index in [0.29, 0.717) is 0 Å². The largest absolute Gasteiger partial charge is 0.634 e. The smallest absolute Gasteiger partial charge is 0.408 e. The van der Waals surface area contributed by atoms with Crippen LogP contribution < -0.4 is 15.7 Å². The van der Waals surface area contributed by atoms with Gasteiger partial charge in [-0.2, -0.15) is 0 Å². The summed E-state index contributed by atoms with van der Waals surface area (Å²) in [6.45, 7) is 2.10. The number of amides is 2. The number of carbonyl (C=O) groups is 2. The zero-order valence-electron chi connectivity index (χ0n) is 11.8. The van der Waals surface area contributed by atoms with E-state index < -0.39 is 6.09 Å². The quantitative estimate of drug-likeness (QED) is 0.618. The molecular formula is C14H19N3O4. The molecule has 3 atom stereocenters. The lowest BCUT2D eigenvalue weighted by Gasteiger charge is -2.46. The summed E-state index contributed by atoms with van der Waals surface area (Å²) in [7, 11) is 0. The van der Waals surface area contributed by atoms with E-state index in [4.69, 9.17) is 4.74 Å². The molecule has 2 rings (SSSR count). The van der Waals surface area contributed by atoms with Gasteiger partial charge in [0, 0.05) is 6.92 Å². The Bertz CT molecular complexity index is 494. The molecule has 0 bridgehead atoms. The van der Waals surface area contributed by atoms with Crippen molar-refractivity contribution in [2.24, 2.45) is 0 Å². The highest BCUT2D eigenvalue weighted by Gasteiger charge is 2.40. The van der Waals surface area contributed by atoms with Crippen LogP contribution in [0.5, 0.6) is 0 Å². The molecule has 1 saturated heterocycles. The molecule has 0 aromatic heterocycles. The standard InChI is InChI=1S/C14H19N3O4/c1-10(18)15-7-13-12(8-17(13)20)16-14(19)21-9-11-5-3-2-4-6-11/h2-6,12-13,17H,7-9H2,1H3,(H,15,18)(H,16,19). The van der Waals surface area contributed by atoms with Gasteiger partial charge in [0.05, 0.1) is 6.54 Å². The predicted octanol–water partition coefficient (Wildman–Crippen LogP) is -0.818. The number of hydroxylamine groups is 2. The summed E-state index contributed by atoms with van der Waals surface area (Å²) in [6, 6.07) is 8.70. The first-order valence-corrected chi connectivity index (χ1v) is 6.80. The van der Waals surface area contributed by atoms with E-state index in [-0.39, 0.29) is 42.8 Å². The summed E-state index contributed by atoms with van der Waals surface area (Å²) in [6.07, 6.45) is -0.552. The molecule has 1 fully saturated rings. The zero-order chi connectivity index (χ0) is 15.2. The van der Waals surface area contributed by atoms with Crippen molar-refractivity contribution in [3.8, 4) is 0 Å². The SMILES string of the molecule is CC(=O)NCC1C(NC(=O)OCc2ccccc2)C[NH+]1[O-]. The van der Waals surface area contributed by atoms with E-state index >= 15 is 0 Å². The Balaban J connectivity index is 1.73. The fourth-order valence-electron chi connectivity index (χ4n) is 2.15. The monoisotopic (exact) mass is 293 g/mol. The Morgan fingerprint density at radius 1 is 1.38 bits per heavy atom. The number of hydrogen-bond acceptors (Lipinski definition) is 4. The lowest BCUT2D eigenvalue weighted by Crippen LogP contribution is -3.23. The second-order valence-electron chi connectivity index (χ2n) is 5.03. The predicted molar refractivity (Wildman–Crippen MR) is 75.2 cm³/mol. The number of benzene rings is 1. The van der Waals surface area contributed by atoms with Gasteiger partial charge in [0.25, 0.3) is 0 Å². The van der Waals surface area contributed by atoms with Gasteiger partial charge in [0.15, 0.2) is 0 Å². The summed E-state index contributed by atoms with van der Waals surface area (Å²) < 4.78 is 5.09. The Morgan fingerprint density at radius 2 is 2.10 bits per heavy atom. The zero-order valence-corrected chi connectivity index (χ0v) is 11.8. The van der Waals surface area contributed by atoms with Gasteiger partial charge in [-0.15, -0.1) is 0 Å². The first-order chi connectivity index (χ1) is 10.1. The van der Waals surface area contributed by atoms with Crippen molar-refractivity contribution in [3.63, 3.8) is 0 Å². The van der Waals surface area contributed by atoms with Crippen LogP contribution in [0.4, 0.5) is 4.79 Å². The molecule has 21 heavy (non-hydrogen) atoms. The molecule has 0 radical (unpaired) electrons. The maximum atomic E-state index is 11.7. The lowest BCUT2D eigenvalue weighted by molar-refractivity contribution is -0.922. The Kier molecular flexibility index (Phi) is 5.13. The van der Waals surface area contributed by atoms with Gasteiger partial charge in [-0.25, -0.2) is 4.79 Å². The number of alkyl carbamates (subject to hydrolysis) is 1. The Labute approximate surface area is 122 Å². The number of nitrogens with one attached hydrogen (secondary N) is 3. The summed E-state index contributed by atoms with van der Waals surface area (Å²) >= 11 is 0. The average Bonchev–Trinajstić information content (AvgIpc) is 2.45. The average molecular weight is 293 g/mol. The maximum absolute atomic E-state index is 11.7. The number of ether oxygens (including phenoxy) is 1. The third-order valence-corrected chi connectivity index (χ3v) is 3.41. The van der Waals surface area contributed by atoms with Crippen molar-refractivity contribution in [3.05, 3.63) is 41.1 Å². The van der Waals surface area contributed by atoms with E-state index in [1.165, 1.54) is 6.92 Å². The molecule has 7 nitrogen and oxygen atoms in total. The minimum Gasteiger partial charge on any atom is -0.634 e. The first kappa shape index (κ1) is 15.3.